The first-order valence-corrected chi connectivity index (χ1v) is 5.83. The summed E-state index contributed by atoms with van der Waals surface area (Å²) in [5.74, 6) is 0.0246. The zero-order chi connectivity index (χ0) is 11.5. The van der Waals surface area contributed by atoms with Crippen LogP contribution in [0.4, 0.5) is 5.13 Å². The zero-order valence-electron chi connectivity index (χ0n) is 8.31. The molecule has 0 radical (unpaired) electrons. The number of thiazole rings is 1. The van der Waals surface area contributed by atoms with Gasteiger partial charge in [-0.3, -0.25) is 4.79 Å². The van der Waals surface area contributed by atoms with Crippen molar-refractivity contribution in [1.82, 2.24) is 4.98 Å². The molecule has 1 heterocycles. The van der Waals surface area contributed by atoms with Crippen molar-refractivity contribution in [3.05, 3.63) is 45.9 Å². The van der Waals surface area contributed by atoms with Crippen LogP contribution in [0.3, 0.4) is 0 Å². The summed E-state index contributed by atoms with van der Waals surface area (Å²) in [4.78, 5) is 16.2. The number of rotatable bonds is 3. The van der Waals surface area contributed by atoms with Gasteiger partial charge in [0.05, 0.1) is 11.1 Å². The number of ketones is 1. The van der Waals surface area contributed by atoms with Crippen molar-refractivity contribution in [2.45, 2.75) is 6.42 Å². The fraction of sp³-hybridized carbons (Fsp3) is 0.0909. The van der Waals surface area contributed by atoms with Gasteiger partial charge < -0.3 is 5.73 Å². The molecule has 2 aromatic rings. The molecule has 1 aromatic heterocycles. The Morgan fingerprint density at radius 3 is 2.62 bits per heavy atom. The van der Waals surface area contributed by atoms with Crippen LogP contribution in [0.25, 0.3) is 0 Å². The largest absolute Gasteiger partial charge is 0.375 e. The summed E-state index contributed by atoms with van der Waals surface area (Å²) >= 11 is 6.97. The van der Waals surface area contributed by atoms with E-state index in [1.54, 1.807) is 12.1 Å². The zero-order valence-corrected chi connectivity index (χ0v) is 9.89. The Morgan fingerprint density at radius 2 is 2.06 bits per heavy atom. The molecular weight excluding hydrogens is 244 g/mol. The summed E-state index contributed by atoms with van der Waals surface area (Å²) < 4.78 is 0. The summed E-state index contributed by atoms with van der Waals surface area (Å²) in [5.41, 5.74) is 6.40. The lowest BCUT2D eigenvalue weighted by atomic mass is 10.1. The van der Waals surface area contributed by atoms with Gasteiger partial charge in [-0.1, -0.05) is 35.1 Å². The molecule has 0 bridgehead atoms. The SMILES string of the molecule is Nc1ncc(C(=O)Cc2ccc(Cl)cc2)s1. The highest BCUT2D eigenvalue weighted by atomic mass is 35.5. The molecule has 3 nitrogen and oxygen atoms in total. The Morgan fingerprint density at radius 1 is 1.38 bits per heavy atom. The maximum absolute atomic E-state index is 11.8. The molecule has 5 heteroatoms. The average Bonchev–Trinajstić information content (AvgIpc) is 2.68. The second-order valence-electron chi connectivity index (χ2n) is 3.29. The smallest absolute Gasteiger partial charge is 0.180 e. The molecule has 0 aliphatic rings. The van der Waals surface area contributed by atoms with E-state index in [0.717, 1.165) is 5.56 Å². The van der Waals surface area contributed by atoms with Gasteiger partial charge in [0.15, 0.2) is 10.9 Å². The van der Waals surface area contributed by atoms with Gasteiger partial charge in [-0.15, -0.1) is 0 Å². The molecule has 0 fully saturated rings. The lowest BCUT2D eigenvalue weighted by Crippen LogP contribution is -2.00. The molecule has 0 saturated heterocycles. The monoisotopic (exact) mass is 252 g/mol. The average molecular weight is 253 g/mol. The summed E-state index contributed by atoms with van der Waals surface area (Å²) in [6, 6.07) is 7.21. The lowest BCUT2D eigenvalue weighted by Gasteiger charge is -1.98. The standard InChI is InChI=1S/C11H9ClN2OS/c12-8-3-1-7(2-4-8)5-9(15)10-6-14-11(13)16-10/h1-4,6H,5H2,(H2,13,14). The molecular formula is C11H9ClN2OS. The van der Waals surface area contributed by atoms with Gasteiger partial charge in [0.1, 0.15) is 0 Å². The minimum atomic E-state index is 0.0246. The summed E-state index contributed by atoms with van der Waals surface area (Å²) in [5, 5.41) is 1.08. The highest BCUT2D eigenvalue weighted by Crippen LogP contribution is 2.17. The molecule has 0 aliphatic carbocycles. The number of anilines is 1. The molecule has 0 spiro atoms. The molecule has 1 aromatic carbocycles. The maximum Gasteiger partial charge on any atom is 0.180 e. The minimum absolute atomic E-state index is 0.0246. The molecule has 0 unspecified atom stereocenters. The van der Waals surface area contributed by atoms with E-state index in [1.165, 1.54) is 17.5 Å². The Labute approximate surface area is 102 Å². The fourth-order valence-electron chi connectivity index (χ4n) is 1.29. The van der Waals surface area contributed by atoms with Gasteiger partial charge in [-0.2, -0.15) is 0 Å². The molecule has 2 rings (SSSR count). The molecule has 2 N–H and O–H groups in total. The van der Waals surface area contributed by atoms with Gasteiger partial charge in [-0.05, 0) is 17.7 Å². The second-order valence-corrected chi connectivity index (χ2v) is 4.79. The van der Waals surface area contributed by atoms with Crippen LogP contribution in [0.5, 0.6) is 0 Å². The van der Waals surface area contributed by atoms with Crippen LogP contribution < -0.4 is 5.73 Å². The number of nitrogen functional groups attached to an aromatic ring is 1. The number of aromatic nitrogens is 1. The van der Waals surface area contributed by atoms with Crippen LogP contribution in [-0.4, -0.2) is 10.8 Å². The Hall–Kier alpha value is -1.39. The van der Waals surface area contributed by atoms with E-state index in [2.05, 4.69) is 4.98 Å². The van der Waals surface area contributed by atoms with E-state index in [4.69, 9.17) is 17.3 Å². The third-order valence-electron chi connectivity index (χ3n) is 2.08. The summed E-state index contributed by atoms with van der Waals surface area (Å²) in [6.45, 7) is 0. The van der Waals surface area contributed by atoms with Crippen LogP contribution in [0, 0.1) is 0 Å². The van der Waals surface area contributed by atoms with Crippen LogP contribution >= 0.6 is 22.9 Å². The number of nitrogens with two attached hydrogens (primary N) is 1. The molecule has 0 saturated carbocycles. The third kappa shape index (κ3) is 2.59. The van der Waals surface area contributed by atoms with E-state index in [9.17, 15) is 4.79 Å². The van der Waals surface area contributed by atoms with E-state index in [-0.39, 0.29) is 5.78 Å². The maximum atomic E-state index is 11.8. The number of carbonyl (C=O) groups is 1. The van der Waals surface area contributed by atoms with Gasteiger partial charge in [0.2, 0.25) is 0 Å². The van der Waals surface area contributed by atoms with Crippen LogP contribution in [0.1, 0.15) is 15.2 Å². The number of halogens is 1. The summed E-state index contributed by atoms with van der Waals surface area (Å²) in [7, 11) is 0. The predicted octanol–water partition coefficient (Wildman–Crippen LogP) is 2.80. The van der Waals surface area contributed by atoms with E-state index in [0.29, 0.717) is 21.5 Å². The van der Waals surface area contributed by atoms with E-state index >= 15 is 0 Å². The highest BCUT2D eigenvalue weighted by Gasteiger charge is 2.10. The molecule has 82 valence electrons. The number of hydrogen-bond acceptors (Lipinski definition) is 4. The number of benzene rings is 1. The van der Waals surface area contributed by atoms with Gasteiger partial charge >= 0.3 is 0 Å². The van der Waals surface area contributed by atoms with Crippen molar-refractivity contribution in [3.63, 3.8) is 0 Å². The molecule has 16 heavy (non-hydrogen) atoms. The molecule has 0 amide bonds. The van der Waals surface area contributed by atoms with Crippen LogP contribution in [-0.2, 0) is 6.42 Å². The van der Waals surface area contributed by atoms with Gasteiger partial charge in [0.25, 0.3) is 0 Å². The normalized spacial score (nSPS) is 10.3. The van der Waals surface area contributed by atoms with Gasteiger partial charge in [-0.25, -0.2) is 4.98 Å². The van der Waals surface area contributed by atoms with Crippen molar-refractivity contribution in [2.75, 3.05) is 5.73 Å². The van der Waals surface area contributed by atoms with Crippen molar-refractivity contribution in [2.24, 2.45) is 0 Å². The Balaban J connectivity index is 2.10. The number of carbonyl (C=O) groups excluding carboxylic acids is 1. The van der Waals surface area contributed by atoms with Crippen molar-refractivity contribution in [3.8, 4) is 0 Å². The minimum Gasteiger partial charge on any atom is -0.375 e. The quantitative estimate of drug-likeness (QED) is 0.855. The third-order valence-corrected chi connectivity index (χ3v) is 3.20. The van der Waals surface area contributed by atoms with E-state index in [1.807, 2.05) is 12.1 Å². The fourth-order valence-corrected chi connectivity index (χ4v) is 2.04. The summed E-state index contributed by atoms with van der Waals surface area (Å²) in [6.07, 6.45) is 1.86. The van der Waals surface area contributed by atoms with E-state index < -0.39 is 0 Å². The highest BCUT2D eigenvalue weighted by molar-refractivity contribution is 7.17. The molecule has 0 aliphatic heterocycles. The van der Waals surface area contributed by atoms with Crippen LogP contribution in [0.2, 0.25) is 5.02 Å². The lowest BCUT2D eigenvalue weighted by molar-refractivity contribution is 0.0996. The first kappa shape index (κ1) is 11.1. The first-order chi connectivity index (χ1) is 7.65. The Kier molecular flexibility index (Phi) is 3.22. The first-order valence-electron chi connectivity index (χ1n) is 4.64. The predicted molar refractivity (Wildman–Crippen MR) is 66.0 cm³/mol. The van der Waals surface area contributed by atoms with Gasteiger partial charge in [0, 0.05) is 11.4 Å². The number of hydrogen-bond donors (Lipinski definition) is 1. The van der Waals surface area contributed by atoms with Crippen molar-refractivity contribution in [1.29, 1.82) is 0 Å². The van der Waals surface area contributed by atoms with Crippen LogP contribution in [0.15, 0.2) is 30.5 Å². The van der Waals surface area contributed by atoms with Crippen molar-refractivity contribution < 1.29 is 4.79 Å². The van der Waals surface area contributed by atoms with Crippen molar-refractivity contribution >= 4 is 33.9 Å². The second kappa shape index (κ2) is 4.63. The molecule has 0 atom stereocenters. The Bertz CT molecular complexity index is 507. The topological polar surface area (TPSA) is 56.0 Å². The number of Topliss-reactive ketones (excluding diaryl/α,β-unsaturated/α-hetero) is 1. The number of nitrogens with zero attached hydrogens (tertiary/aromatic N) is 1.